The first kappa shape index (κ1) is 13.6. The Morgan fingerprint density at radius 3 is 2.71 bits per heavy atom. The Bertz CT molecular complexity index is 369. The highest BCUT2D eigenvalue weighted by molar-refractivity contribution is 9.09. The Kier molecular flexibility index (Phi) is 5.12. The van der Waals surface area contributed by atoms with Gasteiger partial charge in [0.05, 0.1) is 13.2 Å². The topological polar surface area (TPSA) is 12.5 Å². The van der Waals surface area contributed by atoms with E-state index in [1.807, 2.05) is 18.2 Å². The van der Waals surface area contributed by atoms with Crippen molar-refractivity contribution in [2.45, 2.75) is 12.6 Å². The molecule has 1 saturated heterocycles. The van der Waals surface area contributed by atoms with E-state index < -0.39 is 0 Å². The number of hydrogen-bond acceptors (Lipinski definition) is 2. The van der Waals surface area contributed by atoms with Crippen LogP contribution in [-0.4, -0.2) is 36.0 Å². The molecule has 1 aromatic rings. The van der Waals surface area contributed by atoms with Crippen molar-refractivity contribution in [3.8, 4) is 0 Å². The third-order valence-electron chi connectivity index (χ3n) is 2.95. The fraction of sp³-hybridized carbons (Fsp3) is 0.500. The van der Waals surface area contributed by atoms with Crippen molar-refractivity contribution >= 4 is 39.1 Å². The van der Waals surface area contributed by atoms with Crippen LogP contribution < -0.4 is 0 Å². The van der Waals surface area contributed by atoms with E-state index in [1.54, 1.807) is 0 Å². The number of hydrogen-bond donors (Lipinski definition) is 0. The summed E-state index contributed by atoms with van der Waals surface area (Å²) in [7, 11) is 0. The van der Waals surface area contributed by atoms with E-state index in [2.05, 4.69) is 20.8 Å². The molecule has 0 spiro atoms. The van der Waals surface area contributed by atoms with E-state index >= 15 is 0 Å². The molecule has 2 nitrogen and oxygen atoms in total. The average molecular weight is 339 g/mol. The van der Waals surface area contributed by atoms with Crippen molar-refractivity contribution in [1.29, 1.82) is 0 Å². The second-order valence-electron chi connectivity index (χ2n) is 4.05. The Balaban J connectivity index is 2.13. The van der Waals surface area contributed by atoms with E-state index in [4.69, 9.17) is 27.9 Å². The summed E-state index contributed by atoms with van der Waals surface area (Å²) in [5.74, 6) is 0. The fourth-order valence-corrected chi connectivity index (χ4v) is 3.04. The van der Waals surface area contributed by atoms with Gasteiger partial charge in [-0.2, -0.15) is 0 Å². The standard InChI is InChI=1S/C12H14BrCl2NO/c13-6-9-8-17-5-4-16(9)7-10-11(14)2-1-3-12(10)15/h1-3,9H,4-8H2. The molecule has 0 amide bonds. The Morgan fingerprint density at radius 1 is 1.35 bits per heavy atom. The van der Waals surface area contributed by atoms with Gasteiger partial charge in [0.25, 0.3) is 0 Å². The van der Waals surface area contributed by atoms with Crippen molar-refractivity contribution in [3.63, 3.8) is 0 Å². The van der Waals surface area contributed by atoms with Crippen LogP contribution in [0.4, 0.5) is 0 Å². The first-order chi connectivity index (χ1) is 8.22. The first-order valence-electron chi connectivity index (χ1n) is 5.53. The van der Waals surface area contributed by atoms with Gasteiger partial charge < -0.3 is 4.74 Å². The molecule has 1 aromatic carbocycles. The number of morpholine rings is 1. The van der Waals surface area contributed by atoms with Crippen LogP contribution in [-0.2, 0) is 11.3 Å². The van der Waals surface area contributed by atoms with Crippen LogP contribution in [0.1, 0.15) is 5.56 Å². The van der Waals surface area contributed by atoms with Gasteiger partial charge in [-0.3, -0.25) is 4.90 Å². The molecule has 1 heterocycles. The van der Waals surface area contributed by atoms with E-state index in [9.17, 15) is 0 Å². The van der Waals surface area contributed by atoms with Gasteiger partial charge in [0.1, 0.15) is 0 Å². The van der Waals surface area contributed by atoms with Crippen LogP contribution >= 0.6 is 39.1 Å². The fourth-order valence-electron chi connectivity index (χ4n) is 1.93. The molecule has 5 heteroatoms. The first-order valence-corrected chi connectivity index (χ1v) is 7.40. The Hall–Kier alpha value is 0.200. The molecule has 1 atom stereocenters. The largest absolute Gasteiger partial charge is 0.378 e. The maximum absolute atomic E-state index is 6.19. The molecular formula is C12H14BrCl2NO. The molecule has 0 bridgehead atoms. The molecule has 17 heavy (non-hydrogen) atoms. The molecule has 0 aromatic heterocycles. The van der Waals surface area contributed by atoms with Crippen molar-refractivity contribution < 1.29 is 4.74 Å². The summed E-state index contributed by atoms with van der Waals surface area (Å²) >= 11 is 15.9. The molecule has 0 radical (unpaired) electrons. The second kappa shape index (κ2) is 6.39. The van der Waals surface area contributed by atoms with Crippen molar-refractivity contribution in [2.24, 2.45) is 0 Å². The minimum absolute atomic E-state index is 0.385. The molecule has 0 N–H and O–H groups in total. The predicted octanol–water partition coefficient (Wildman–Crippen LogP) is 3.59. The minimum Gasteiger partial charge on any atom is -0.378 e. The minimum atomic E-state index is 0.385. The van der Waals surface area contributed by atoms with Gasteiger partial charge in [0.15, 0.2) is 0 Å². The van der Waals surface area contributed by atoms with E-state index in [0.717, 1.165) is 47.2 Å². The lowest BCUT2D eigenvalue weighted by atomic mass is 10.1. The van der Waals surface area contributed by atoms with Gasteiger partial charge in [-0.1, -0.05) is 45.2 Å². The lowest BCUT2D eigenvalue weighted by Gasteiger charge is -2.34. The zero-order chi connectivity index (χ0) is 12.3. The summed E-state index contributed by atoms with van der Waals surface area (Å²) in [5.41, 5.74) is 1.00. The summed E-state index contributed by atoms with van der Waals surface area (Å²) in [4.78, 5) is 2.35. The molecule has 2 rings (SSSR count). The molecule has 0 saturated carbocycles. The number of alkyl halides is 1. The van der Waals surface area contributed by atoms with Gasteiger partial charge in [-0.25, -0.2) is 0 Å². The Morgan fingerprint density at radius 2 is 2.06 bits per heavy atom. The molecule has 1 aliphatic heterocycles. The highest BCUT2D eigenvalue weighted by Crippen LogP contribution is 2.27. The quantitative estimate of drug-likeness (QED) is 0.781. The number of rotatable bonds is 3. The zero-order valence-electron chi connectivity index (χ0n) is 9.33. The SMILES string of the molecule is Clc1cccc(Cl)c1CN1CCOCC1CBr. The number of ether oxygens (including phenoxy) is 1. The van der Waals surface area contributed by atoms with Gasteiger partial charge in [-0.15, -0.1) is 0 Å². The highest BCUT2D eigenvalue weighted by Gasteiger charge is 2.23. The lowest BCUT2D eigenvalue weighted by Crippen LogP contribution is -2.45. The highest BCUT2D eigenvalue weighted by atomic mass is 79.9. The maximum Gasteiger partial charge on any atom is 0.0630 e. The Labute approximate surface area is 120 Å². The van der Waals surface area contributed by atoms with Crippen molar-refractivity contribution in [1.82, 2.24) is 4.90 Å². The lowest BCUT2D eigenvalue weighted by molar-refractivity contribution is -0.00210. The van der Waals surface area contributed by atoms with Crippen molar-refractivity contribution in [3.05, 3.63) is 33.8 Å². The van der Waals surface area contributed by atoms with Gasteiger partial charge in [0.2, 0.25) is 0 Å². The predicted molar refractivity (Wildman–Crippen MR) is 75.3 cm³/mol. The van der Waals surface area contributed by atoms with Crippen molar-refractivity contribution in [2.75, 3.05) is 25.1 Å². The number of halogens is 3. The third-order valence-corrected chi connectivity index (χ3v) is 4.41. The van der Waals surface area contributed by atoms with Crippen LogP contribution in [0.3, 0.4) is 0 Å². The van der Waals surface area contributed by atoms with Crippen LogP contribution in [0.5, 0.6) is 0 Å². The van der Waals surface area contributed by atoms with Gasteiger partial charge in [0, 0.05) is 40.1 Å². The molecule has 1 unspecified atom stereocenters. The monoisotopic (exact) mass is 337 g/mol. The van der Waals surface area contributed by atoms with Gasteiger partial charge >= 0.3 is 0 Å². The van der Waals surface area contributed by atoms with Crippen LogP contribution in [0.2, 0.25) is 10.0 Å². The van der Waals surface area contributed by atoms with Crippen LogP contribution in [0.25, 0.3) is 0 Å². The van der Waals surface area contributed by atoms with E-state index in [-0.39, 0.29) is 0 Å². The van der Waals surface area contributed by atoms with Crippen LogP contribution in [0.15, 0.2) is 18.2 Å². The molecular weight excluding hydrogens is 325 g/mol. The average Bonchev–Trinajstić information content (AvgIpc) is 2.34. The summed E-state index contributed by atoms with van der Waals surface area (Å²) in [6, 6.07) is 6.02. The summed E-state index contributed by atoms with van der Waals surface area (Å²) in [6.45, 7) is 3.22. The maximum atomic E-state index is 6.19. The molecule has 1 aliphatic rings. The third kappa shape index (κ3) is 3.36. The zero-order valence-corrected chi connectivity index (χ0v) is 12.4. The molecule has 94 valence electrons. The summed E-state index contributed by atoms with van der Waals surface area (Å²) < 4.78 is 5.46. The van der Waals surface area contributed by atoms with Gasteiger partial charge in [-0.05, 0) is 12.1 Å². The number of nitrogens with zero attached hydrogens (tertiary/aromatic N) is 1. The normalized spacial score (nSPS) is 21.7. The molecule has 1 fully saturated rings. The molecule has 0 aliphatic carbocycles. The summed E-state index contributed by atoms with van der Waals surface area (Å²) in [5, 5.41) is 2.37. The van der Waals surface area contributed by atoms with E-state index in [0.29, 0.717) is 6.04 Å². The number of benzene rings is 1. The summed E-state index contributed by atoms with van der Waals surface area (Å²) in [6.07, 6.45) is 0. The second-order valence-corrected chi connectivity index (χ2v) is 5.52. The smallest absolute Gasteiger partial charge is 0.0630 e. The van der Waals surface area contributed by atoms with Crippen LogP contribution in [0, 0.1) is 0 Å². The van der Waals surface area contributed by atoms with E-state index in [1.165, 1.54) is 0 Å².